The number of carbonyl (C=O) groups excluding carboxylic acids is 1. The zero-order valence-corrected chi connectivity index (χ0v) is 12.2. The molecular formula is C17H16N2O2. The molecule has 3 rings (SSSR count). The molecule has 0 unspecified atom stereocenters. The zero-order valence-electron chi connectivity index (χ0n) is 12.2. The first-order valence-electron chi connectivity index (χ1n) is 6.78. The first kappa shape index (κ1) is 13.4. The second-order valence-electron chi connectivity index (χ2n) is 5.16. The molecule has 0 atom stereocenters. The molecule has 21 heavy (non-hydrogen) atoms. The van der Waals surface area contributed by atoms with E-state index in [0.717, 1.165) is 11.1 Å². The first-order chi connectivity index (χ1) is 10.1. The maximum atomic E-state index is 11.7. The Morgan fingerprint density at radius 1 is 1.10 bits per heavy atom. The highest BCUT2D eigenvalue weighted by molar-refractivity contribution is 5.97. The van der Waals surface area contributed by atoms with E-state index in [0.29, 0.717) is 17.0 Å². The van der Waals surface area contributed by atoms with Crippen molar-refractivity contribution in [2.75, 3.05) is 7.05 Å². The second-order valence-corrected chi connectivity index (χ2v) is 5.16. The SMILES string of the molecule is CNC(=O)c1ccc2nc(-c3cc(C)cc(C)c3)oc2c1. The van der Waals surface area contributed by atoms with Crippen molar-refractivity contribution in [3.8, 4) is 11.5 Å². The number of rotatable bonds is 2. The lowest BCUT2D eigenvalue weighted by molar-refractivity contribution is 0.0963. The third kappa shape index (κ3) is 2.52. The molecule has 3 aromatic rings. The summed E-state index contributed by atoms with van der Waals surface area (Å²) in [5.74, 6) is 0.437. The summed E-state index contributed by atoms with van der Waals surface area (Å²) in [5, 5.41) is 2.60. The molecule has 1 amide bonds. The number of carbonyl (C=O) groups is 1. The van der Waals surface area contributed by atoms with Gasteiger partial charge in [-0.1, -0.05) is 17.2 Å². The average Bonchev–Trinajstić information content (AvgIpc) is 2.88. The predicted molar refractivity (Wildman–Crippen MR) is 82.3 cm³/mol. The third-order valence-electron chi connectivity index (χ3n) is 3.35. The Morgan fingerprint density at radius 3 is 2.48 bits per heavy atom. The molecule has 4 nitrogen and oxygen atoms in total. The molecule has 0 fully saturated rings. The molecule has 0 aliphatic heterocycles. The van der Waals surface area contributed by atoms with Crippen LogP contribution < -0.4 is 5.32 Å². The highest BCUT2D eigenvalue weighted by Crippen LogP contribution is 2.26. The minimum Gasteiger partial charge on any atom is -0.436 e. The number of hydrogen-bond acceptors (Lipinski definition) is 3. The normalized spacial score (nSPS) is 10.8. The number of benzene rings is 2. The fraction of sp³-hybridized carbons (Fsp3) is 0.176. The summed E-state index contributed by atoms with van der Waals surface area (Å²) < 4.78 is 5.81. The van der Waals surface area contributed by atoms with Crippen LogP contribution in [0.15, 0.2) is 40.8 Å². The van der Waals surface area contributed by atoms with Crippen LogP contribution >= 0.6 is 0 Å². The topological polar surface area (TPSA) is 55.1 Å². The second kappa shape index (κ2) is 5.05. The van der Waals surface area contributed by atoms with Gasteiger partial charge in [0.25, 0.3) is 5.91 Å². The smallest absolute Gasteiger partial charge is 0.251 e. The van der Waals surface area contributed by atoms with Gasteiger partial charge < -0.3 is 9.73 Å². The van der Waals surface area contributed by atoms with Gasteiger partial charge in [-0.3, -0.25) is 4.79 Å². The van der Waals surface area contributed by atoms with Crippen LogP contribution in [0.5, 0.6) is 0 Å². The summed E-state index contributed by atoms with van der Waals surface area (Å²) in [7, 11) is 1.61. The Bertz CT molecular complexity index is 814. The van der Waals surface area contributed by atoms with Crippen LogP contribution in [0.25, 0.3) is 22.6 Å². The van der Waals surface area contributed by atoms with E-state index in [1.807, 2.05) is 26.0 Å². The minimum absolute atomic E-state index is 0.138. The van der Waals surface area contributed by atoms with Crippen molar-refractivity contribution in [3.63, 3.8) is 0 Å². The van der Waals surface area contributed by atoms with E-state index >= 15 is 0 Å². The van der Waals surface area contributed by atoms with E-state index in [1.165, 1.54) is 11.1 Å². The quantitative estimate of drug-likeness (QED) is 0.782. The molecule has 0 saturated carbocycles. The van der Waals surface area contributed by atoms with Crippen molar-refractivity contribution in [2.24, 2.45) is 0 Å². The van der Waals surface area contributed by atoms with E-state index in [1.54, 1.807) is 25.2 Å². The van der Waals surface area contributed by atoms with Gasteiger partial charge in [-0.25, -0.2) is 4.98 Å². The van der Waals surface area contributed by atoms with Crippen LogP contribution in [0.3, 0.4) is 0 Å². The first-order valence-corrected chi connectivity index (χ1v) is 6.78. The van der Waals surface area contributed by atoms with Gasteiger partial charge in [-0.05, 0) is 44.2 Å². The molecule has 1 aromatic heterocycles. The van der Waals surface area contributed by atoms with E-state index in [9.17, 15) is 4.79 Å². The fourth-order valence-corrected chi connectivity index (χ4v) is 2.43. The van der Waals surface area contributed by atoms with Crippen LogP contribution in [0.4, 0.5) is 0 Å². The minimum atomic E-state index is -0.138. The van der Waals surface area contributed by atoms with Crippen LogP contribution in [0.1, 0.15) is 21.5 Å². The van der Waals surface area contributed by atoms with Crippen LogP contribution in [-0.2, 0) is 0 Å². The van der Waals surface area contributed by atoms with Crippen molar-refractivity contribution in [1.82, 2.24) is 10.3 Å². The maximum absolute atomic E-state index is 11.7. The highest BCUT2D eigenvalue weighted by Gasteiger charge is 2.11. The Labute approximate surface area is 122 Å². The Morgan fingerprint density at radius 2 is 1.81 bits per heavy atom. The number of aromatic nitrogens is 1. The van der Waals surface area contributed by atoms with Gasteiger partial charge in [0.1, 0.15) is 5.52 Å². The molecule has 4 heteroatoms. The Balaban J connectivity index is 2.10. The lowest BCUT2D eigenvalue weighted by Crippen LogP contribution is -2.17. The fourth-order valence-electron chi connectivity index (χ4n) is 2.43. The van der Waals surface area contributed by atoms with Gasteiger partial charge in [-0.15, -0.1) is 0 Å². The Kier molecular flexibility index (Phi) is 3.22. The van der Waals surface area contributed by atoms with E-state index in [2.05, 4.69) is 16.4 Å². The van der Waals surface area contributed by atoms with Crippen LogP contribution in [0.2, 0.25) is 0 Å². The summed E-state index contributed by atoms with van der Waals surface area (Å²) >= 11 is 0. The monoisotopic (exact) mass is 280 g/mol. The van der Waals surface area contributed by atoms with Gasteiger partial charge in [0, 0.05) is 18.2 Å². The molecule has 106 valence electrons. The standard InChI is InChI=1S/C17H16N2O2/c1-10-6-11(2)8-13(7-10)17-19-14-5-4-12(16(20)18-3)9-15(14)21-17/h4-9H,1-3H3,(H,18,20). The number of amides is 1. The van der Waals surface area contributed by atoms with Crippen molar-refractivity contribution in [1.29, 1.82) is 0 Å². The molecule has 0 aliphatic carbocycles. The summed E-state index contributed by atoms with van der Waals surface area (Å²) in [4.78, 5) is 16.1. The van der Waals surface area contributed by atoms with E-state index in [-0.39, 0.29) is 5.91 Å². The number of oxazole rings is 1. The van der Waals surface area contributed by atoms with Crippen molar-refractivity contribution < 1.29 is 9.21 Å². The molecule has 0 spiro atoms. The highest BCUT2D eigenvalue weighted by atomic mass is 16.3. The molecule has 1 N–H and O–H groups in total. The number of hydrogen-bond donors (Lipinski definition) is 1. The molecule has 2 aromatic carbocycles. The number of nitrogens with zero attached hydrogens (tertiary/aromatic N) is 1. The molecule has 0 saturated heterocycles. The lowest BCUT2D eigenvalue weighted by Gasteiger charge is -2.00. The van der Waals surface area contributed by atoms with Gasteiger partial charge in [0.15, 0.2) is 5.58 Å². The summed E-state index contributed by atoms with van der Waals surface area (Å²) in [6, 6.07) is 11.4. The molecule has 0 bridgehead atoms. The largest absolute Gasteiger partial charge is 0.436 e. The van der Waals surface area contributed by atoms with Crippen molar-refractivity contribution in [3.05, 3.63) is 53.1 Å². The molecule has 1 heterocycles. The van der Waals surface area contributed by atoms with Gasteiger partial charge >= 0.3 is 0 Å². The number of aryl methyl sites for hydroxylation is 2. The van der Waals surface area contributed by atoms with Gasteiger partial charge in [0.2, 0.25) is 5.89 Å². The Hall–Kier alpha value is -2.62. The molecule has 0 radical (unpaired) electrons. The van der Waals surface area contributed by atoms with Crippen molar-refractivity contribution >= 4 is 17.0 Å². The van der Waals surface area contributed by atoms with E-state index in [4.69, 9.17) is 4.42 Å². The zero-order chi connectivity index (χ0) is 15.0. The van der Waals surface area contributed by atoms with E-state index < -0.39 is 0 Å². The van der Waals surface area contributed by atoms with Crippen LogP contribution in [-0.4, -0.2) is 17.9 Å². The summed E-state index contributed by atoms with van der Waals surface area (Å²) in [6.07, 6.45) is 0. The average molecular weight is 280 g/mol. The third-order valence-corrected chi connectivity index (χ3v) is 3.35. The van der Waals surface area contributed by atoms with Gasteiger partial charge in [0.05, 0.1) is 0 Å². The van der Waals surface area contributed by atoms with Crippen molar-refractivity contribution in [2.45, 2.75) is 13.8 Å². The summed E-state index contributed by atoms with van der Waals surface area (Å²) in [6.45, 7) is 4.09. The predicted octanol–water partition coefficient (Wildman–Crippen LogP) is 3.47. The molecular weight excluding hydrogens is 264 g/mol. The van der Waals surface area contributed by atoms with Crippen LogP contribution in [0, 0.1) is 13.8 Å². The number of fused-ring (bicyclic) bond motifs is 1. The number of nitrogens with one attached hydrogen (secondary N) is 1. The van der Waals surface area contributed by atoms with Gasteiger partial charge in [-0.2, -0.15) is 0 Å². The molecule has 0 aliphatic rings. The lowest BCUT2D eigenvalue weighted by atomic mass is 10.1. The maximum Gasteiger partial charge on any atom is 0.251 e. The summed E-state index contributed by atoms with van der Waals surface area (Å²) in [5.41, 5.74) is 5.21.